The SMILES string of the molecule is CCn1c(COCc2ccccc2)nn(-c2cc3c(cc2F)C(=O)N(c2c(F)cccc2Cl)C(C)N3C(C)C)c1=O. The van der Waals surface area contributed by atoms with Crippen LogP contribution in [0.25, 0.3) is 5.69 Å². The van der Waals surface area contributed by atoms with Crippen molar-refractivity contribution in [1.82, 2.24) is 14.3 Å². The highest BCUT2D eigenvalue weighted by Crippen LogP contribution is 2.40. The van der Waals surface area contributed by atoms with Crippen molar-refractivity contribution in [3.8, 4) is 5.69 Å². The van der Waals surface area contributed by atoms with E-state index >= 15 is 4.39 Å². The van der Waals surface area contributed by atoms with Gasteiger partial charge in [0.2, 0.25) is 0 Å². The van der Waals surface area contributed by atoms with Crippen LogP contribution in [0.4, 0.5) is 20.2 Å². The van der Waals surface area contributed by atoms with Crippen molar-refractivity contribution in [3.63, 3.8) is 0 Å². The van der Waals surface area contributed by atoms with Crippen molar-refractivity contribution in [3.05, 3.63) is 105 Å². The fourth-order valence-corrected chi connectivity index (χ4v) is 5.55. The summed E-state index contributed by atoms with van der Waals surface area (Å²) < 4.78 is 38.8. The van der Waals surface area contributed by atoms with E-state index in [1.165, 1.54) is 33.7 Å². The molecule has 2 heterocycles. The van der Waals surface area contributed by atoms with Crippen molar-refractivity contribution in [2.24, 2.45) is 0 Å². The van der Waals surface area contributed by atoms with Gasteiger partial charge >= 0.3 is 5.69 Å². The summed E-state index contributed by atoms with van der Waals surface area (Å²) in [6.45, 7) is 8.02. The van der Waals surface area contributed by atoms with E-state index in [-0.39, 0.29) is 34.6 Å². The first-order valence-electron chi connectivity index (χ1n) is 13.3. The maximum atomic E-state index is 15.7. The summed E-state index contributed by atoms with van der Waals surface area (Å²) in [5.41, 5.74) is 0.676. The second-order valence-corrected chi connectivity index (χ2v) is 10.4. The van der Waals surface area contributed by atoms with Crippen molar-refractivity contribution < 1.29 is 18.3 Å². The second kappa shape index (κ2) is 11.5. The highest BCUT2D eigenvalue weighted by molar-refractivity contribution is 6.34. The number of benzene rings is 3. The van der Waals surface area contributed by atoms with Crippen LogP contribution in [-0.4, -0.2) is 32.5 Å². The van der Waals surface area contributed by atoms with E-state index in [2.05, 4.69) is 5.10 Å². The molecule has 1 unspecified atom stereocenters. The van der Waals surface area contributed by atoms with Gasteiger partial charge in [-0.2, -0.15) is 4.68 Å². The number of hydrogen-bond acceptors (Lipinski definition) is 5. The molecule has 1 aliphatic rings. The number of fused-ring (bicyclic) bond motifs is 1. The molecule has 0 saturated carbocycles. The quantitative estimate of drug-likeness (QED) is 0.258. The third kappa shape index (κ3) is 5.13. The third-order valence-corrected chi connectivity index (χ3v) is 7.43. The number of anilines is 2. The molecule has 0 saturated heterocycles. The minimum atomic E-state index is -0.824. The van der Waals surface area contributed by atoms with Crippen molar-refractivity contribution in [2.75, 3.05) is 9.80 Å². The molecule has 0 N–H and O–H groups in total. The molecule has 0 radical (unpaired) electrons. The van der Waals surface area contributed by atoms with Gasteiger partial charge in [0.05, 0.1) is 22.9 Å². The number of ether oxygens (including phenoxy) is 1. The molecule has 4 aromatic rings. The Morgan fingerprint density at radius 2 is 1.71 bits per heavy atom. The van der Waals surface area contributed by atoms with Crippen molar-refractivity contribution >= 4 is 28.9 Å². The molecule has 0 aliphatic carbocycles. The normalized spacial score (nSPS) is 15.1. The molecule has 11 heteroatoms. The lowest BCUT2D eigenvalue weighted by Gasteiger charge is -2.46. The largest absolute Gasteiger partial charge is 0.369 e. The van der Waals surface area contributed by atoms with E-state index in [4.69, 9.17) is 16.3 Å². The van der Waals surface area contributed by atoms with Gasteiger partial charge in [-0.05, 0) is 57.5 Å². The van der Waals surface area contributed by atoms with Gasteiger partial charge in [-0.25, -0.2) is 13.6 Å². The number of para-hydroxylation sites is 1. The van der Waals surface area contributed by atoms with Crippen molar-refractivity contribution in [2.45, 2.75) is 59.7 Å². The molecule has 5 rings (SSSR count). The van der Waals surface area contributed by atoms with Crippen LogP contribution in [0, 0.1) is 11.6 Å². The first kappa shape index (κ1) is 28.5. The molecule has 1 atom stereocenters. The van der Waals surface area contributed by atoms with Gasteiger partial charge in [-0.1, -0.05) is 48.0 Å². The summed E-state index contributed by atoms with van der Waals surface area (Å²) in [6, 6.07) is 16.1. The summed E-state index contributed by atoms with van der Waals surface area (Å²) in [5.74, 6) is -1.76. The fourth-order valence-electron chi connectivity index (χ4n) is 5.29. The van der Waals surface area contributed by atoms with Gasteiger partial charge < -0.3 is 9.64 Å². The summed E-state index contributed by atoms with van der Waals surface area (Å²) in [6.07, 6.45) is -0.672. The average molecular weight is 582 g/mol. The van der Waals surface area contributed by atoms with Crippen LogP contribution in [0.2, 0.25) is 5.02 Å². The summed E-state index contributed by atoms with van der Waals surface area (Å²) >= 11 is 6.32. The zero-order chi connectivity index (χ0) is 29.4. The van der Waals surface area contributed by atoms with Crippen molar-refractivity contribution in [1.29, 1.82) is 0 Å². The van der Waals surface area contributed by atoms with Crippen LogP contribution in [0.5, 0.6) is 0 Å². The summed E-state index contributed by atoms with van der Waals surface area (Å²) in [5, 5.41) is 4.47. The fraction of sp³-hybridized carbons (Fsp3) is 0.300. The van der Waals surface area contributed by atoms with E-state index in [1.54, 1.807) is 13.8 Å². The van der Waals surface area contributed by atoms with E-state index in [0.717, 1.165) is 16.3 Å². The Kier molecular flexibility index (Phi) is 7.97. The maximum absolute atomic E-state index is 15.7. The Bertz CT molecular complexity index is 1630. The van der Waals surface area contributed by atoms with Crippen LogP contribution in [-0.2, 0) is 24.5 Å². The standard InChI is InChI=1S/C30H30ClF2N5O3/c1-5-35-27(17-41-16-20-10-7-6-8-11-20)34-38(30(35)40)26-15-25-21(14-24(26)33)29(39)37(19(4)36(25)18(2)3)28-22(31)12-9-13-23(28)32/h6-15,18-19H,5,16-17H2,1-4H3. The molecular formula is C30H30ClF2N5O3. The Balaban J connectivity index is 1.56. The number of amides is 1. The molecule has 0 bridgehead atoms. The van der Waals surface area contributed by atoms with Gasteiger partial charge in [0.1, 0.15) is 35.8 Å². The number of carbonyl (C=O) groups is 1. The lowest BCUT2D eigenvalue weighted by Crippen LogP contribution is -2.57. The van der Waals surface area contributed by atoms with Crippen LogP contribution >= 0.6 is 11.6 Å². The first-order chi connectivity index (χ1) is 19.6. The molecule has 214 valence electrons. The summed E-state index contributed by atoms with van der Waals surface area (Å²) in [4.78, 5) is 30.1. The van der Waals surface area contributed by atoms with E-state index < -0.39 is 29.4 Å². The zero-order valence-electron chi connectivity index (χ0n) is 23.1. The van der Waals surface area contributed by atoms with E-state index in [1.807, 2.05) is 49.1 Å². The lowest BCUT2D eigenvalue weighted by atomic mass is 10.0. The zero-order valence-corrected chi connectivity index (χ0v) is 23.9. The number of carbonyl (C=O) groups excluding carboxylic acids is 1. The Morgan fingerprint density at radius 3 is 2.37 bits per heavy atom. The predicted molar refractivity (Wildman–Crippen MR) is 154 cm³/mol. The van der Waals surface area contributed by atoms with Crippen LogP contribution < -0.4 is 15.5 Å². The first-order valence-corrected chi connectivity index (χ1v) is 13.7. The molecule has 1 aromatic heterocycles. The molecule has 0 spiro atoms. The second-order valence-electron chi connectivity index (χ2n) is 10.0. The molecule has 1 amide bonds. The van der Waals surface area contributed by atoms with E-state index in [9.17, 15) is 14.0 Å². The number of halogens is 3. The number of nitrogens with zero attached hydrogens (tertiary/aromatic N) is 5. The topological polar surface area (TPSA) is 72.6 Å². The molecule has 0 fully saturated rings. The number of aromatic nitrogens is 3. The van der Waals surface area contributed by atoms with Crippen LogP contribution in [0.1, 0.15) is 49.4 Å². The maximum Gasteiger partial charge on any atom is 0.350 e. The molecular weight excluding hydrogens is 552 g/mol. The van der Waals surface area contributed by atoms with Gasteiger partial charge in [-0.15, -0.1) is 5.10 Å². The van der Waals surface area contributed by atoms with Gasteiger partial charge in [-0.3, -0.25) is 14.3 Å². The Hall–Kier alpha value is -4.02. The molecule has 41 heavy (non-hydrogen) atoms. The van der Waals surface area contributed by atoms with Crippen LogP contribution in [0.15, 0.2) is 65.5 Å². The number of rotatable bonds is 8. The Morgan fingerprint density at radius 1 is 0.976 bits per heavy atom. The highest BCUT2D eigenvalue weighted by atomic mass is 35.5. The Labute approximate surface area is 241 Å². The number of hydrogen-bond donors (Lipinski definition) is 0. The monoisotopic (exact) mass is 581 g/mol. The third-order valence-electron chi connectivity index (χ3n) is 7.13. The minimum absolute atomic E-state index is 0.0201. The van der Waals surface area contributed by atoms with Gasteiger partial charge in [0, 0.05) is 12.6 Å². The molecule has 1 aliphatic heterocycles. The average Bonchev–Trinajstić information content (AvgIpc) is 3.25. The van der Waals surface area contributed by atoms with Crippen LogP contribution in [0.3, 0.4) is 0 Å². The molecule has 3 aromatic carbocycles. The predicted octanol–water partition coefficient (Wildman–Crippen LogP) is 5.92. The van der Waals surface area contributed by atoms with E-state index in [0.29, 0.717) is 24.7 Å². The molecule has 8 nitrogen and oxygen atoms in total. The summed E-state index contributed by atoms with van der Waals surface area (Å²) in [7, 11) is 0. The minimum Gasteiger partial charge on any atom is -0.369 e. The lowest BCUT2D eigenvalue weighted by molar-refractivity contribution is 0.0968. The smallest absolute Gasteiger partial charge is 0.350 e. The van der Waals surface area contributed by atoms with Gasteiger partial charge in [0.15, 0.2) is 5.82 Å². The van der Waals surface area contributed by atoms with Gasteiger partial charge in [0.25, 0.3) is 5.91 Å². The highest BCUT2D eigenvalue weighted by Gasteiger charge is 2.40.